The quantitative estimate of drug-likeness (QED) is 0.701. The summed E-state index contributed by atoms with van der Waals surface area (Å²) < 4.78 is 0. The first-order chi connectivity index (χ1) is 14.1. The van der Waals surface area contributed by atoms with Crippen LogP contribution in [0.25, 0.3) is 0 Å². The summed E-state index contributed by atoms with van der Waals surface area (Å²) >= 11 is 1.65. The van der Waals surface area contributed by atoms with Crippen molar-refractivity contribution < 1.29 is 9.59 Å². The minimum absolute atomic E-state index is 0.0589. The molecule has 0 aromatic carbocycles. The Labute approximate surface area is 177 Å². The third-order valence-corrected chi connectivity index (χ3v) is 9.13. The van der Waals surface area contributed by atoms with E-state index in [4.69, 9.17) is 0 Å². The van der Waals surface area contributed by atoms with Gasteiger partial charge in [0.05, 0.1) is 6.04 Å². The summed E-state index contributed by atoms with van der Waals surface area (Å²) in [4.78, 5) is 29.6. The molecule has 158 valence electrons. The van der Waals surface area contributed by atoms with Crippen molar-refractivity contribution >= 4 is 23.2 Å². The van der Waals surface area contributed by atoms with Gasteiger partial charge in [-0.1, -0.05) is 12.8 Å². The lowest BCUT2D eigenvalue weighted by Gasteiger charge is -2.35. The van der Waals surface area contributed by atoms with Gasteiger partial charge < -0.3 is 10.6 Å². The standard InChI is InChI=1S/C23H33N3O2S/c27-20(17-3-1-4-17)26-19(22-24-11-12-29-22)16-7-5-15(6-8-16)14-25-21(28)18-13-23(18)9-2-10-23/h11-12,15-19H,1-10,13-14H2,(H,25,28)(H,26,27)/t15?,16?,18-,19-/m1/s1. The first-order valence-corrected chi connectivity index (χ1v) is 12.5. The molecular weight excluding hydrogens is 382 g/mol. The van der Waals surface area contributed by atoms with Crippen molar-refractivity contribution in [2.75, 3.05) is 6.54 Å². The summed E-state index contributed by atoms with van der Waals surface area (Å²) in [7, 11) is 0. The smallest absolute Gasteiger partial charge is 0.223 e. The van der Waals surface area contributed by atoms with E-state index in [9.17, 15) is 9.59 Å². The molecule has 5 nitrogen and oxygen atoms in total. The van der Waals surface area contributed by atoms with E-state index in [-0.39, 0.29) is 17.9 Å². The van der Waals surface area contributed by atoms with E-state index in [1.54, 1.807) is 11.3 Å². The van der Waals surface area contributed by atoms with Crippen molar-refractivity contribution in [1.29, 1.82) is 0 Å². The number of rotatable bonds is 7. The number of hydrogen-bond acceptors (Lipinski definition) is 4. The predicted molar refractivity (Wildman–Crippen MR) is 113 cm³/mol. The fourth-order valence-electron chi connectivity index (χ4n) is 5.71. The zero-order chi connectivity index (χ0) is 19.8. The molecular formula is C23H33N3O2S. The molecule has 5 rings (SSSR count). The first-order valence-electron chi connectivity index (χ1n) is 11.6. The molecule has 1 aromatic heterocycles. The third-order valence-electron chi connectivity index (χ3n) is 8.27. The van der Waals surface area contributed by atoms with Crippen LogP contribution in [0.3, 0.4) is 0 Å². The topological polar surface area (TPSA) is 71.1 Å². The van der Waals surface area contributed by atoms with Gasteiger partial charge >= 0.3 is 0 Å². The second kappa shape index (κ2) is 8.01. The summed E-state index contributed by atoms with van der Waals surface area (Å²) in [5.41, 5.74) is 0.418. The van der Waals surface area contributed by atoms with Gasteiger partial charge in [0.25, 0.3) is 0 Å². The lowest BCUT2D eigenvalue weighted by Crippen LogP contribution is -2.41. The SMILES string of the molecule is O=C(N[C@@H](c1nccs1)C1CCC(CNC(=O)[C@H]2CC23CCC3)CC1)C1CCC1. The van der Waals surface area contributed by atoms with Crippen LogP contribution in [0, 0.1) is 29.1 Å². The minimum atomic E-state index is 0.0589. The van der Waals surface area contributed by atoms with Crippen LogP contribution in [0.15, 0.2) is 11.6 Å². The number of carbonyl (C=O) groups excluding carboxylic acids is 2. The van der Waals surface area contributed by atoms with Crippen LogP contribution < -0.4 is 10.6 Å². The summed E-state index contributed by atoms with van der Waals surface area (Å²) in [6, 6.07) is 0.0589. The number of amides is 2. The molecule has 4 saturated carbocycles. The molecule has 6 heteroatoms. The number of aromatic nitrogens is 1. The van der Waals surface area contributed by atoms with Gasteiger partial charge in [-0.2, -0.15) is 0 Å². The van der Waals surface area contributed by atoms with E-state index >= 15 is 0 Å². The summed E-state index contributed by atoms with van der Waals surface area (Å²) in [5, 5.41) is 9.65. The van der Waals surface area contributed by atoms with Crippen LogP contribution in [0.5, 0.6) is 0 Å². The Morgan fingerprint density at radius 2 is 1.90 bits per heavy atom. The molecule has 1 heterocycles. The van der Waals surface area contributed by atoms with Gasteiger partial charge in [-0.05, 0) is 75.0 Å². The third kappa shape index (κ3) is 3.97. The van der Waals surface area contributed by atoms with E-state index < -0.39 is 0 Å². The van der Waals surface area contributed by atoms with Crippen LogP contribution in [0.2, 0.25) is 0 Å². The normalized spacial score (nSPS) is 31.4. The average Bonchev–Trinajstić information content (AvgIpc) is 3.22. The maximum Gasteiger partial charge on any atom is 0.223 e. The Morgan fingerprint density at radius 1 is 1.10 bits per heavy atom. The van der Waals surface area contributed by atoms with E-state index in [1.165, 1.54) is 25.7 Å². The molecule has 1 spiro atoms. The molecule has 2 amide bonds. The van der Waals surface area contributed by atoms with Crippen molar-refractivity contribution in [2.24, 2.45) is 29.1 Å². The molecule has 0 saturated heterocycles. The van der Waals surface area contributed by atoms with Gasteiger partial charge in [-0.25, -0.2) is 4.98 Å². The molecule has 4 aliphatic rings. The molecule has 2 N–H and O–H groups in total. The predicted octanol–water partition coefficient (Wildman–Crippen LogP) is 4.21. The fourth-order valence-corrected chi connectivity index (χ4v) is 6.49. The number of thiazole rings is 1. The summed E-state index contributed by atoms with van der Waals surface area (Å²) in [5.74, 6) is 2.08. The second-order valence-electron chi connectivity index (χ2n) is 9.98. The van der Waals surface area contributed by atoms with Crippen LogP contribution >= 0.6 is 11.3 Å². The fraction of sp³-hybridized carbons (Fsp3) is 0.783. The van der Waals surface area contributed by atoms with Gasteiger partial charge in [0.1, 0.15) is 5.01 Å². The molecule has 2 atom stereocenters. The van der Waals surface area contributed by atoms with Crippen LogP contribution in [-0.4, -0.2) is 23.3 Å². The lowest BCUT2D eigenvalue weighted by molar-refractivity contribution is -0.129. The average molecular weight is 416 g/mol. The van der Waals surface area contributed by atoms with Crippen molar-refractivity contribution in [1.82, 2.24) is 15.6 Å². The second-order valence-corrected chi connectivity index (χ2v) is 10.9. The highest BCUT2D eigenvalue weighted by atomic mass is 32.1. The Hall–Kier alpha value is -1.43. The highest BCUT2D eigenvalue weighted by Gasteiger charge is 2.60. The van der Waals surface area contributed by atoms with E-state index in [2.05, 4.69) is 15.6 Å². The van der Waals surface area contributed by atoms with Crippen LogP contribution in [0.4, 0.5) is 0 Å². The highest BCUT2D eigenvalue weighted by molar-refractivity contribution is 7.09. The summed E-state index contributed by atoms with van der Waals surface area (Å²) in [6.45, 7) is 0.828. The molecule has 0 aliphatic heterocycles. The van der Waals surface area contributed by atoms with Crippen molar-refractivity contribution in [3.8, 4) is 0 Å². The molecule has 1 aromatic rings. The van der Waals surface area contributed by atoms with E-state index in [0.29, 0.717) is 29.1 Å². The lowest BCUT2D eigenvalue weighted by atomic mass is 9.77. The Balaban J connectivity index is 1.11. The zero-order valence-corrected chi connectivity index (χ0v) is 18.0. The highest BCUT2D eigenvalue weighted by Crippen LogP contribution is 2.65. The molecule has 4 fully saturated rings. The Morgan fingerprint density at radius 3 is 2.45 bits per heavy atom. The van der Waals surface area contributed by atoms with Crippen molar-refractivity contribution in [3.63, 3.8) is 0 Å². The maximum atomic E-state index is 12.6. The number of nitrogens with one attached hydrogen (secondary N) is 2. The largest absolute Gasteiger partial charge is 0.356 e. The zero-order valence-electron chi connectivity index (χ0n) is 17.2. The van der Waals surface area contributed by atoms with Gasteiger partial charge in [0.15, 0.2) is 0 Å². The Bertz CT molecular complexity index is 733. The van der Waals surface area contributed by atoms with Crippen LogP contribution in [0.1, 0.15) is 81.7 Å². The Kier molecular flexibility index (Phi) is 5.39. The molecule has 0 bridgehead atoms. The molecule has 0 radical (unpaired) electrons. The molecule has 29 heavy (non-hydrogen) atoms. The summed E-state index contributed by atoms with van der Waals surface area (Å²) in [6.07, 6.45) is 14.5. The van der Waals surface area contributed by atoms with Crippen molar-refractivity contribution in [2.45, 2.75) is 76.7 Å². The minimum Gasteiger partial charge on any atom is -0.356 e. The van der Waals surface area contributed by atoms with Crippen LogP contribution in [-0.2, 0) is 9.59 Å². The van der Waals surface area contributed by atoms with Gasteiger partial charge in [-0.3, -0.25) is 9.59 Å². The molecule has 0 unspecified atom stereocenters. The number of nitrogens with zero attached hydrogens (tertiary/aromatic N) is 1. The first kappa shape index (κ1) is 19.5. The maximum absolute atomic E-state index is 12.6. The monoisotopic (exact) mass is 415 g/mol. The van der Waals surface area contributed by atoms with E-state index in [0.717, 1.165) is 56.5 Å². The van der Waals surface area contributed by atoms with Crippen molar-refractivity contribution in [3.05, 3.63) is 16.6 Å². The van der Waals surface area contributed by atoms with Gasteiger partial charge in [0, 0.05) is 30.0 Å². The van der Waals surface area contributed by atoms with E-state index in [1.807, 2.05) is 11.6 Å². The number of carbonyl (C=O) groups is 2. The number of hydrogen-bond donors (Lipinski definition) is 2. The van der Waals surface area contributed by atoms with Gasteiger partial charge in [-0.15, -0.1) is 11.3 Å². The van der Waals surface area contributed by atoms with Gasteiger partial charge in [0.2, 0.25) is 11.8 Å². The molecule has 4 aliphatic carbocycles.